The number of carbonyl (C=O) groups is 1. The number of hydrogen-bond donors (Lipinski definition) is 1. The Morgan fingerprint density at radius 1 is 1.40 bits per heavy atom. The first-order chi connectivity index (χ1) is 7.17. The molecule has 0 aliphatic rings. The Labute approximate surface area is 89.0 Å². The van der Waals surface area contributed by atoms with Crippen molar-refractivity contribution in [3.63, 3.8) is 0 Å². The first kappa shape index (κ1) is 11.5. The summed E-state index contributed by atoms with van der Waals surface area (Å²) in [5, 5.41) is 0. The normalized spacial score (nSPS) is 9.80. The van der Waals surface area contributed by atoms with Gasteiger partial charge in [-0.15, -0.1) is 0 Å². The van der Waals surface area contributed by atoms with Crippen LogP contribution in [0.4, 0.5) is 0 Å². The zero-order valence-electron chi connectivity index (χ0n) is 8.95. The number of ether oxygens (including phenoxy) is 2. The maximum atomic E-state index is 11.3. The van der Waals surface area contributed by atoms with Crippen LogP contribution in [-0.2, 0) is 4.74 Å². The van der Waals surface area contributed by atoms with E-state index in [1.807, 2.05) is 13.0 Å². The summed E-state index contributed by atoms with van der Waals surface area (Å²) < 4.78 is 9.97. The summed E-state index contributed by atoms with van der Waals surface area (Å²) in [6.45, 7) is 2.77. The lowest BCUT2D eigenvalue weighted by atomic mass is 10.1. The molecule has 0 heterocycles. The first-order valence-corrected chi connectivity index (χ1v) is 4.70. The highest BCUT2D eigenvalue weighted by Gasteiger charge is 2.07. The fourth-order valence-corrected chi connectivity index (χ4v) is 1.24. The molecule has 15 heavy (non-hydrogen) atoms. The van der Waals surface area contributed by atoms with Crippen LogP contribution in [0.3, 0.4) is 0 Å². The molecule has 0 unspecified atom stereocenters. The van der Waals surface area contributed by atoms with Crippen LogP contribution in [0.15, 0.2) is 18.2 Å². The molecule has 0 atom stereocenters. The molecule has 1 aromatic rings. The molecule has 0 aliphatic carbocycles. The maximum absolute atomic E-state index is 11.3. The molecule has 0 saturated carbocycles. The number of benzene rings is 1. The zero-order valence-corrected chi connectivity index (χ0v) is 8.95. The lowest BCUT2D eigenvalue weighted by molar-refractivity contribution is 0.0600. The van der Waals surface area contributed by atoms with Crippen LogP contribution < -0.4 is 10.5 Å². The molecule has 0 saturated heterocycles. The molecule has 0 bridgehead atoms. The van der Waals surface area contributed by atoms with Crippen molar-refractivity contribution in [1.29, 1.82) is 0 Å². The summed E-state index contributed by atoms with van der Waals surface area (Å²) >= 11 is 0. The highest BCUT2D eigenvalue weighted by atomic mass is 16.5. The summed E-state index contributed by atoms with van der Waals surface area (Å²) in [6, 6.07) is 5.25. The molecule has 0 aromatic heterocycles. The minimum Gasteiger partial charge on any atom is -0.492 e. The molecule has 0 radical (unpaired) electrons. The van der Waals surface area contributed by atoms with Crippen molar-refractivity contribution in [1.82, 2.24) is 0 Å². The van der Waals surface area contributed by atoms with Gasteiger partial charge in [0.1, 0.15) is 12.4 Å². The summed E-state index contributed by atoms with van der Waals surface area (Å²) in [5.74, 6) is 0.275. The third-order valence-corrected chi connectivity index (χ3v) is 1.86. The summed E-state index contributed by atoms with van der Waals surface area (Å²) in [5.41, 5.74) is 6.76. The lowest BCUT2D eigenvalue weighted by Crippen LogP contribution is -2.11. The van der Waals surface area contributed by atoms with Crippen LogP contribution in [0.25, 0.3) is 0 Å². The second-order valence-electron chi connectivity index (χ2n) is 3.16. The standard InChI is InChI=1S/C11H15NO3/c1-8-5-9(11(13)14-2)7-10(6-8)15-4-3-12/h5-7H,3-4,12H2,1-2H3. The quantitative estimate of drug-likeness (QED) is 0.755. The minimum absolute atomic E-state index is 0.365. The maximum Gasteiger partial charge on any atom is 0.337 e. The average Bonchev–Trinajstić information content (AvgIpc) is 2.24. The number of carbonyl (C=O) groups excluding carboxylic acids is 1. The summed E-state index contributed by atoms with van der Waals surface area (Å²) in [7, 11) is 1.35. The van der Waals surface area contributed by atoms with Gasteiger partial charge in [-0.05, 0) is 30.7 Å². The molecule has 0 spiro atoms. The first-order valence-electron chi connectivity index (χ1n) is 4.70. The van der Waals surface area contributed by atoms with Crippen LogP contribution in [-0.4, -0.2) is 26.2 Å². The zero-order chi connectivity index (χ0) is 11.3. The predicted octanol–water partition coefficient (Wildman–Crippen LogP) is 1.12. The van der Waals surface area contributed by atoms with Gasteiger partial charge in [-0.1, -0.05) is 0 Å². The topological polar surface area (TPSA) is 61.5 Å². The van der Waals surface area contributed by atoms with Gasteiger partial charge >= 0.3 is 5.97 Å². The molecule has 4 heteroatoms. The molecule has 82 valence electrons. The van der Waals surface area contributed by atoms with Gasteiger partial charge in [-0.3, -0.25) is 0 Å². The summed E-state index contributed by atoms with van der Waals surface area (Å²) in [4.78, 5) is 11.3. The Hall–Kier alpha value is -1.55. The van der Waals surface area contributed by atoms with Crippen molar-refractivity contribution >= 4 is 5.97 Å². The van der Waals surface area contributed by atoms with Crippen LogP contribution >= 0.6 is 0 Å². The van der Waals surface area contributed by atoms with Gasteiger partial charge in [-0.2, -0.15) is 0 Å². The molecule has 0 amide bonds. The number of rotatable bonds is 4. The molecule has 0 aliphatic heterocycles. The van der Waals surface area contributed by atoms with Crippen molar-refractivity contribution in [2.45, 2.75) is 6.92 Å². The van der Waals surface area contributed by atoms with E-state index in [4.69, 9.17) is 10.5 Å². The third-order valence-electron chi connectivity index (χ3n) is 1.86. The SMILES string of the molecule is COC(=O)c1cc(C)cc(OCCN)c1. The van der Waals surface area contributed by atoms with Gasteiger partial charge in [0.2, 0.25) is 0 Å². The van der Waals surface area contributed by atoms with Gasteiger partial charge in [0.15, 0.2) is 0 Å². The second kappa shape index (κ2) is 5.36. The van der Waals surface area contributed by atoms with E-state index in [1.54, 1.807) is 12.1 Å². The second-order valence-corrected chi connectivity index (χ2v) is 3.16. The Morgan fingerprint density at radius 3 is 2.73 bits per heavy atom. The van der Waals surface area contributed by atoms with E-state index in [-0.39, 0.29) is 5.97 Å². The monoisotopic (exact) mass is 209 g/mol. The van der Waals surface area contributed by atoms with Crippen LogP contribution in [0, 0.1) is 6.92 Å². The molecular formula is C11H15NO3. The molecular weight excluding hydrogens is 194 g/mol. The van der Waals surface area contributed by atoms with Gasteiger partial charge in [-0.25, -0.2) is 4.79 Å². The Bertz CT molecular complexity index is 350. The number of methoxy groups -OCH3 is 1. The highest BCUT2D eigenvalue weighted by molar-refractivity contribution is 5.90. The van der Waals surface area contributed by atoms with E-state index in [0.717, 1.165) is 5.56 Å². The van der Waals surface area contributed by atoms with Crippen molar-refractivity contribution in [2.75, 3.05) is 20.3 Å². The molecule has 4 nitrogen and oxygen atoms in total. The van der Waals surface area contributed by atoms with Gasteiger partial charge < -0.3 is 15.2 Å². The van der Waals surface area contributed by atoms with Gasteiger partial charge in [0.25, 0.3) is 0 Å². The van der Waals surface area contributed by atoms with E-state index in [9.17, 15) is 4.79 Å². The predicted molar refractivity (Wildman–Crippen MR) is 57.1 cm³/mol. The number of hydrogen-bond acceptors (Lipinski definition) is 4. The van der Waals surface area contributed by atoms with Gasteiger partial charge in [0.05, 0.1) is 12.7 Å². The Balaban J connectivity index is 2.89. The van der Waals surface area contributed by atoms with Crippen LogP contribution in [0.1, 0.15) is 15.9 Å². The van der Waals surface area contributed by atoms with E-state index < -0.39 is 0 Å². The largest absolute Gasteiger partial charge is 0.492 e. The van der Waals surface area contributed by atoms with Crippen molar-refractivity contribution in [3.8, 4) is 5.75 Å². The van der Waals surface area contributed by atoms with Crippen molar-refractivity contribution in [3.05, 3.63) is 29.3 Å². The fourth-order valence-electron chi connectivity index (χ4n) is 1.24. The van der Waals surface area contributed by atoms with E-state index in [2.05, 4.69) is 4.74 Å². The minimum atomic E-state index is -0.365. The smallest absolute Gasteiger partial charge is 0.337 e. The molecule has 1 rings (SSSR count). The Kier molecular flexibility index (Phi) is 4.12. The lowest BCUT2D eigenvalue weighted by Gasteiger charge is -2.07. The van der Waals surface area contributed by atoms with Crippen molar-refractivity contribution in [2.24, 2.45) is 5.73 Å². The van der Waals surface area contributed by atoms with Crippen LogP contribution in [0.5, 0.6) is 5.75 Å². The van der Waals surface area contributed by atoms with Gasteiger partial charge in [0, 0.05) is 6.54 Å². The number of esters is 1. The fraction of sp³-hybridized carbons (Fsp3) is 0.364. The van der Waals surface area contributed by atoms with E-state index >= 15 is 0 Å². The number of aryl methyl sites for hydroxylation is 1. The van der Waals surface area contributed by atoms with E-state index in [1.165, 1.54) is 7.11 Å². The summed E-state index contributed by atoms with van der Waals surface area (Å²) in [6.07, 6.45) is 0. The highest BCUT2D eigenvalue weighted by Crippen LogP contribution is 2.17. The number of nitrogens with two attached hydrogens (primary N) is 1. The third kappa shape index (κ3) is 3.25. The van der Waals surface area contributed by atoms with E-state index in [0.29, 0.717) is 24.5 Å². The molecule has 2 N–H and O–H groups in total. The van der Waals surface area contributed by atoms with Crippen molar-refractivity contribution < 1.29 is 14.3 Å². The average molecular weight is 209 g/mol. The Morgan fingerprint density at radius 2 is 2.13 bits per heavy atom. The molecule has 0 fully saturated rings. The van der Waals surface area contributed by atoms with Crippen LogP contribution in [0.2, 0.25) is 0 Å². The molecule has 1 aromatic carbocycles.